The topological polar surface area (TPSA) is 72.5 Å². The van der Waals surface area contributed by atoms with Gasteiger partial charge in [0.05, 0.1) is 11.7 Å². The van der Waals surface area contributed by atoms with E-state index in [1.807, 2.05) is 61.5 Å². The van der Waals surface area contributed by atoms with Gasteiger partial charge < -0.3 is 9.90 Å². The van der Waals surface area contributed by atoms with Crippen molar-refractivity contribution in [3.8, 4) is 0 Å². The fourth-order valence-corrected chi connectivity index (χ4v) is 3.08. The summed E-state index contributed by atoms with van der Waals surface area (Å²) in [5.74, 6) is -1.52. The van der Waals surface area contributed by atoms with Crippen LogP contribution in [0, 0.1) is 6.92 Å². The molecule has 1 aliphatic rings. The smallest absolute Gasteiger partial charge is 0.242 e. The van der Waals surface area contributed by atoms with Crippen molar-refractivity contribution in [1.82, 2.24) is 10.4 Å². The number of carboxylic acids is 1. The molecule has 0 radical (unpaired) electrons. The third-order valence-corrected chi connectivity index (χ3v) is 4.76. The number of rotatable bonds is 5. The van der Waals surface area contributed by atoms with E-state index in [9.17, 15) is 14.7 Å². The monoisotopic (exact) mass is 413 g/mol. The number of benzene rings is 2. The maximum Gasteiger partial charge on any atom is 0.242 e. The van der Waals surface area contributed by atoms with Crippen LogP contribution in [0.5, 0.6) is 0 Å². The van der Waals surface area contributed by atoms with Crippen LogP contribution in [0.4, 0.5) is 0 Å². The number of carbonyl (C=O) groups excluding carboxylic acids is 2. The van der Waals surface area contributed by atoms with Crippen molar-refractivity contribution in [2.24, 2.45) is 0 Å². The second-order valence-corrected chi connectivity index (χ2v) is 7.11. The van der Waals surface area contributed by atoms with Crippen LogP contribution in [-0.2, 0) is 9.59 Å². The van der Waals surface area contributed by atoms with E-state index in [1.54, 1.807) is 0 Å². The first-order chi connectivity index (χ1) is 12.4. The number of hydrogen-bond acceptors (Lipinski definition) is 4. The molecule has 0 fully saturated rings. The van der Waals surface area contributed by atoms with Gasteiger partial charge in [-0.3, -0.25) is 10.2 Å². The molecule has 0 aliphatic carbocycles. The van der Waals surface area contributed by atoms with Crippen LogP contribution in [0.3, 0.4) is 0 Å². The van der Waals surface area contributed by atoms with E-state index in [-0.39, 0.29) is 24.8 Å². The van der Waals surface area contributed by atoms with Gasteiger partial charge >= 0.3 is 0 Å². The normalized spacial score (nSPS) is 16.2. The molecule has 2 aromatic rings. The van der Waals surface area contributed by atoms with Crippen molar-refractivity contribution < 1.29 is 14.7 Å². The second-order valence-electron chi connectivity index (χ2n) is 6.19. The maximum atomic E-state index is 12.6. The molecule has 6 heteroatoms. The predicted octanol–water partition coefficient (Wildman–Crippen LogP) is 2.72. The number of aliphatic carboxylic acids is 1. The molecular weight excluding hydrogens is 396 g/mol. The van der Waals surface area contributed by atoms with Crippen LogP contribution in [0.1, 0.15) is 35.6 Å². The van der Waals surface area contributed by atoms with Crippen molar-refractivity contribution in [2.45, 2.75) is 25.8 Å². The summed E-state index contributed by atoms with van der Waals surface area (Å²) in [5, 5.41) is 12.2. The Bertz CT molecular complexity index is 844. The molecule has 0 spiro atoms. The first kappa shape index (κ1) is 18.2. The predicted molar refractivity (Wildman–Crippen MR) is 100 cm³/mol. The number of nitrogens with one attached hydrogen (secondary N) is 1. The van der Waals surface area contributed by atoms with Gasteiger partial charge in [0.15, 0.2) is 0 Å². The molecule has 0 saturated heterocycles. The molecule has 1 N–H and O–H groups in total. The second kappa shape index (κ2) is 7.74. The summed E-state index contributed by atoms with van der Waals surface area (Å²) in [5.41, 5.74) is 6.97. The Labute approximate surface area is 160 Å². The summed E-state index contributed by atoms with van der Waals surface area (Å²) in [6.45, 7) is 2.00. The van der Waals surface area contributed by atoms with E-state index < -0.39 is 5.97 Å². The van der Waals surface area contributed by atoms with E-state index in [0.717, 1.165) is 26.9 Å². The quantitative estimate of drug-likeness (QED) is 0.817. The van der Waals surface area contributed by atoms with Crippen LogP contribution in [0.25, 0.3) is 5.70 Å². The van der Waals surface area contributed by atoms with E-state index in [4.69, 9.17) is 0 Å². The molecule has 3 rings (SSSR count). The molecular formula is C20H18BrN2O3-. The van der Waals surface area contributed by atoms with Crippen LogP contribution >= 0.6 is 15.9 Å². The Morgan fingerprint density at radius 2 is 1.73 bits per heavy atom. The van der Waals surface area contributed by atoms with Crippen LogP contribution in [-0.4, -0.2) is 16.9 Å². The van der Waals surface area contributed by atoms with E-state index >= 15 is 0 Å². The molecule has 0 saturated carbocycles. The molecule has 1 heterocycles. The SMILES string of the molecule is Cc1ccc([C@H]2C=C(c3ccc(Br)cc3)NN2C(=O)CCC(=O)[O-])cc1. The zero-order valence-corrected chi connectivity index (χ0v) is 15.8. The zero-order valence-electron chi connectivity index (χ0n) is 14.2. The highest BCUT2D eigenvalue weighted by Gasteiger charge is 2.30. The average Bonchev–Trinajstić information content (AvgIpc) is 3.06. The van der Waals surface area contributed by atoms with Gasteiger partial charge in [-0.1, -0.05) is 57.9 Å². The highest BCUT2D eigenvalue weighted by atomic mass is 79.9. The summed E-state index contributed by atoms with van der Waals surface area (Å²) in [6.07, 6.45) is 1.56. The standard InChI is InChI=1S/C20H19BrN2O3/c1-13-2-4-15(5-3-13)18-12-17(14-6-8-16(21)9-7-14)22-23(18)19(24)10-11-20(25)26/h2-9,12,18,22H,10-11H2,1H3,(H,25,26)/p-1/t18-/m1/s1. The van der Waals surface area contributed by atoms with E-state index in [2.05, 4.69) is 21.4 Å². The van der Waals surface area contributed by atoms with Crippen LogP contribution < -0.4 is 10.5 Å². The summed E-state index contributed by atoms with van der Waals surface area (Å²) in [6, 6.07) is 15.4. The Balaban J connectivity index is 1.90. The molecule has 0 aromatic heterocycles. The van der Waals surface area contributed by atoms with E-state index in [0.29, 0.717) is 0 Å². The van der Waals surface area contributed by atoms with Gasteiger partial charge in [-0.2, -0.15) is 0 Å². The van der Waals surface area contributed by atoms with Gasteiger partial charge in [0.25, 0.3) is 0 Å². The molecule has 26 heavy (non-hydrogen) atoms. The van der Waals surface area contributed by atoms with Gasteiger partial charge in [0.2, 0.25) is 5.91 Å². The van der Waals surface area contributed by atoms with Crippen molar-refractivity contribution in [1.29, 1.82) is 0 Å². The number of halogens is 1. The molecule has 0 bridgehead atoms. The first-order valence-electron chi connectivity index (χ1n) is 8.27. The number of carbonyl (C=O) groups is 2. The first-order valence-corrected chi connectivity index (χ1v) is 9.06. The summed E-state index contributed by atoms with van der Waals surface area (Å²) >= 11 is 3.41. The van der Waals surface area contributed by atoms with Gasteiger partial charge in [0, 0.05) is 16.9 Å². The number of hydrazine groups is 1. The van der Waals surface area contributed by atoms with Gasteiger partial charge in [0.1, 0.15) is 0 Å². The molecule has 0 unspecified atom stereocenters. The Morgan fingerprint density at radius 1 is 1.08 bits per heavy atom. The highest BCUT2D eigenvalue weighted by Crippen LogP contribution is 2.32. The Morgan fingerprint density at radius 3 is 2.35 bits per heavy atom. The number of hydrogen-bond donors (Lipinski definition) is 1. The largest absolute Gasteiger partial charge is 0.550 e. The van der Waals surface area contributed by atoms with Crippen LogP contribution in [0.15, 0.2) is 59.1 Å². The van der Waals surface area contributed by atoms with Gasteiger partial charge in [-0.05, 0) is 42.7 Å². The van der Waals surface area contributed by atoms with Crippen molar-refractivity contribution in [3.63, 3.8) is 0 Å². The van der Waals surface area contributed by atoms with Crippen molar-refractivity contribution in [2.75, 3.05) is 0 Å². The lowest BCUT2D eigenvalue weighted by Gasteiger charge is -2.26. The Kier molecular flexibility index (Phi) is 5.42. The number of carboxylic acid groups (broad SMARTS) is 1. The minimum atomic E-state index is -1.23. The van der Waals surface area contributed by atoms with E-state index in [1.165, 1.54) is 5.01 Å². The Hall–Kier alpha value is -2.60. The summed E-state index contributed by atoms with van der Waals surface area (Å²) in [7, 11) is 0. The lowest BCUT2D eigenvalue weighted by atomic mass is 10.0. The maximum absolute atomic E-state index is 12.6. The fraction of sp³-hybridized carbons (Fsp3) is 0.200. The number of aryl methyl sites for hydroxylation is 1. The molecule has 2 aromatic carbocycles. The van der Waals surface area contributed by atoms with Crippen LogP contribution in [0.2, 0.25) is 0 Å². The molecule has 5 nitrogen and oxygen atoms in total. The lowest BCUT2D eigenvalue weighted by molar-refractivity contribution is -0.305. The number of amides is 1. The minimum Gasteiger partial charge on any atom is -0.550 e. The van der Waals surface area contributed by atoms with Gasteiger partial charge in [-0.25, -0.2) is 5.01 Å². The fourth-order valence-electron chi connectivity index (χ4n) is 2.82. The summed E-state index contributed by atoms with van der Waals surface area (Å²) < 4.78 is 0.969. The zero-order chi connectivity index (χ0) is 18.7. The van der Waals surface area contributed by atoms with Crippen molar-refractivity contribution in [3.05, 3.63) is 75.8 Å². The molecule has 1 amide bonds. The lowest BCUT2D eigenvalue weighted by Crippen LogP contribution is -2.40. The minimum absolute atomic E-state index is 0.112. The average molecular weight is 414 g/mol. The third-order valence-electron chi connectivity index (χ3n) is 4.23. The summed E-state index contributed by atoms with van der Waals surface area (Å²) in [4.78, 5) is 23.3. The highest BCUT2D eigenvalue weighted by molar-refractivity contribution is 9.10. The third kappa shape index (κ3) is 4.14. The van der Waals surface area contributed by atoms with Crippen molar-refractivity contribution >= 4 is 33.5 Å². The van der Waals surface area contributed by atoms with Gasteiger partial charge in [-0.15, -0.1) is 0 Å². The molecule has 1 atom stereocenters. The molecule has 134 valence electrons. The number of nitrogens with zero attached hydrogens (tertiary/aromatic N) is 1. The molecule has 1 aliphatic heterocycles.